The summed E-state index contributed by atoms with van der Waals surface area (Å²) in [7, 11) is 0. The number of aliphatic carboxylic acids is 1. The molecule has 29 heavy (non-hydrogen) atoms. The van der Waals surface area contributed by atoms with E-state index in [1.807, 2.05) is 42.5 Å². The summed E-state index contributed by atoms with van der Waals surface area (Å²) in [5, 5.41) is 13.9. The van der Waals surface area contributed by atoms with E-state index in [0.717, 1.165) is 41.8 Å². The number of carboxylic acid groups (broad SMARTS) is 1. The number of carboxylic acids is 1. The van der Waals surface area contributed by atoms with Gasteiger partial charge < -0.3 is 9.84 Å². The first kappa shape index (κ1) is 19.7. The molecular formula is C24H25NO3S. The summed E-state index contributed by atoms with van der Waals surface area (Å²) in [6, 6.07) is 19.8. The lowest BCUT2D eigenvalue weighted by Crippen LogP contribution is -2.46. The molecule has 0 saturated carbocycles. The van der Waals surface area contributed by atoms with Gasteiger partial charge in [-0.3, -0.25) is 9.69 Å². The molecule has 4 nitrogen and oxygen atoms in total. The molecule has 1 N–H and O–H groups in total. The predicted molar refractivity (Wildman–Crippen MR) is 115 cm³/mol. The molecule has 1 saturated heterocycles. The SMILES string of the molecule is O=C(O)C1CCCCN1C(c1ccc(OCc2ccccc2)cc1)c1ccsc1. The molecule has 5 heteroatoms. The number of benzene rings is 2. The van der Waals surface area contributed by atoms with E-state index in [0.29, 0.717) is 13.0 Å². The van der Waals surface area contributed by atoms with Crippen molar-refractivity contribution in [2.24, 2.45) is 0 Å². The van der Waals surface area contributed by atoms with Gasteiger partial charge in [0, 0.05) is 0 Å². The minimum atomic E-state index is -0.729. The van der Waals surface area contributed by atoms with Gasteiger partial charge >= 0.3 is 5.97 Å². The summed E-state index contributed by atoms with van der Waals surface area (Å²) >= 11 is 1.65. The second-order valence-electron chi connectivity index (χ2n) is 7.39. The molecule has 1 fully saturated rings. The van der Waals surface area contributed by atoms with Gasteiger partial charge in [-0.25, -0.2) is 0 Å². The number of ether oxygens (including phenoxy) is 1. The maximum Gasteiger partial charge on any atom is 0.320 e. The lowest BCUT2D eigenvalue weighted by Gasteiger charge is -2.39. The topological polar surface area (TPSA) is 49.8 Å². The van der Waals surface area contributed by atoms with Crippen LogP contribution in [-0.4, -0.2) is 28.6 Å². The fourth-order valence-corrected chi connectivity index (χ4v) is 4.70. The van der Waals surface area contributed by atoms with Crippen LogP contribution >= 0.6 is 11.3 Å². The molecule has 0 aliphatic carbocycles. The van der Waals surface area contributed by atoms with Crippen LogP contribution in [0.1, 0.15) is 42.0 Å². The van der Waals surface area contributed by atoms with Crippen LogP contribution in [0.2, 0.25) is 0 Å². The van der Waals surface area contributed by atoms with Gasteiger partial charge in [0.15, 0.2) is 0 Å². The van der Waals surface area contributed by atoms with E-state index in [9.17, 15) is 9.90 Å². The molecule has 2 unspecified atom stereocenters. The van der Waals surface area contributed by atoms with Crippen LogP contribution in [0.25, 0.3) is 0 Å². The molecule has 0 radical (unpaired) electrons. The van der Waals surface area contributed by atoms with Crippen LogP contribution in [0, 0.1) is 0 Å². The molecule has 1 aliphatic heterocycles. The predicted octanol–water partition coefficient (Wildman–Crippen LogP) is 5.36. The monoisotopic (exact) mass is 407 g/mol. The van der Waals surface area contributed by atoms with Crippen molar-refractivity contribution >= 4 is 17.3 Å². The molecule has 1 aromatic heterocycles. The smallest absolute Gasteiger partial charge is 0.320 e. The number of nitrogens with zero attached hydrogens (tertiary/aromatic N) is 1. The van der Waals surface area contributed by atoms with Crippen LogP contribution in [-0.2, 0) is 11.4 Å². The van der Waals surface area contributed by atoms with Gasteiger partial charge in [0.1, 0.15) is 18.4 Å². The van der Waals surface area contributed by atoms with Gasteiger partial charge in [0.2, 0.25) is 0 Å². The first-order valence-corrected chi connectivity index (χ1v) is 10.9. The number of hydrogen-bond donors (Lipinski definition) is 1. The Bertz CT molecular complexity index is 909. The lowest BCUT2D eigenvalue weighted by molar-refractivity contribution is -0.145. The number of likely N-dealkylation sites (tertiary alicyclic amines) is 1. The number of thiophene rings is 1. The maximum absolute atomic E-state index is 11.9. The van der Waals surface area contributed by atoms with E-state index in [1.54, 1.807) is 11.3 Å². The van der Waals surface area contributed by atoms with Gasteiger partial charge in [-0.2, -0.15) is 11.3 Å². The molecule has 0 spiro atoms. The largest absolute Gasteiger partial charge is 0.489 e. The van der Waals surface area contributed by atoms with Crippen molar-refractivity contribution < 1.29 is 14.6 Å². The Labute approximate surface area is 175 Å². The second-order valence-corrected chi connectivity index (χ2v) is 8.17. The van der Waals surface area contributed by atoms with Crippen LogP contribution in [0.4, 0.5) is 0 Å². The average Bonchev–Trinajstić information content (AvgIpc) is 3.29. The summed E-state index contributed by atoms with van der Waals surface area (Å²) in [5.74, 6) is 0.0860. The fourth-order valence-electron chi connectivity index (χ4n) is 4.02. The molecular weight excluding hydrogens is 382 g/mol. The van der Waals surface area contributed by atoms with Crippen molar-refractivity contribution in [2.75, 3.05) is 6.54 Å². The van der Waals surface area contributed by atoms with Crippen molar-refractivity contribution in [3.63, 3.8) is 0 Å². The number of carbonyl (C=O) groups is 1. The zero-order chi connectivity index (χ0) is 20.1. The summed E-state index contributed by atoms with van der Waals surface area (Å²) in [6.45, 7) is 1.32. The van der Waals surface area contributed by atoms with E-state index in [4.69, 9.17) is 4.74 Å². The van der Waals surface area contributed by atoms with Gasteiger partial charge in [0.05, 0.1) is 6.04 Å². The molecule has 2 aromatic carbocycles. The third kappa shape index (κ3) is 4.69. The highest BCUT2D eigenvalue weighted by molar-refractivity contribution is 7.08. The van der Waals surface area contributed by atoms with Crippen LogP contribution < -0.4 is 4.74 Å². The first-order valence-electron chi connectivity index (χ1n) is 10.00. The number of rotatable bonds is 7. The average molecular weight is 408 g/mol. The Morgan fingerprint density at radius 2 is 1.86 bits per heavy atom. The third-order valence-corrected chi connectivity index (χ3v) is 6.17. The Hall–Kier alpha value is -2.63. The standard InChI is InChI=1S/C24H25NO3S/c26-24(27)22-8-4-5-14-25(22)23(20-13-15-29-17-20)19-9-11-21(12-10-19)28-16-18-6-2-1-3-7-18/h1-3,6-7,9-13,15,17,22-23H,4-5,8,14,16H2,(H,26,27). The van der Waals surface area contributed by atoms with Crippen molar-refractivity contribution in [3.8, 4) is 5.75 Å². The summed E-state index contributed by atoms with van der Waals surface area (Å²) in [6.07, 6.45) is 2.70. The first-order chi connectivity index (χ1) is 14.2. The highest BCUT2D eigenvalue weighted by Gasteiger charge is 2.35. The molecule has 2 heterocycles. The normalized spacial score (nSPS) is 18.3. The Kier molecular flexibility index (Phi) is 6.27. The molecule has 150 valence electrons. The Balaban J connectivity index is 1.56. The summed E-state index contributed by atoms with van der Waals surface area (Å²) in [4.78, 5) is 14.0. The fraction of sp³-hybridized carbons (Fsp3) is 0.292. The van der Waals surface area contributed by atoms with Gasteiger partial charge in [-0.05, 0) is 65.0 Å². The van der Waals surface area contributed by atoms with Crippen LogP contribution in [0.3, 0.4) is 0 Å². The van der Waals surface area contributed by atoms with E-state index in [2.05, 4.69) is 33.9 Å². The number of piperidine rings is 1. The van der Waals surface area contributed by atoms with Crippen molar-refractivity contribution in [2.45, 2.75) is 38.0 Å². The zero-order valence-corrected chi connectivity index (χ0v) is 17.1. The van der Waals surface area contributed by atoms with Crippen molar-refractivity contribution in [1.29, 1.82) is 0 Å². The van der Waals surface area contributed by atoms with E-state index < -0.39 is 12.0 Å². The molecule has 3 aromatic rings. The highest BCUT2D eigenvalue weighted by atomic mass is 32.1. The Morgan fingerprint density at radius 1 is 1.07 bits per heavy atom. The Morgan fingerprint density at radius 3 is 2.55 bits per heavy atom. The van der Waals surface area contributed by atoms with E-state index >= 15 is 0 Å². The van der Waals surface area contributed by atoms with Gasteiger partial charge in [0.25, 0.3) is 0 Å². The van der Waals surface area contributed by atoms with E-state index in [1.165, 1.54) is 0 Å². The molecule has 1 aliphatic rings. The maximum atomic E-state index is 11.9. The minimum Gasteiger partial charge on any atom is -0.489 e. The van der Waals surface area contributed by atoms with Gasteiger partial charge in [-0.15, -0.1) is 0 Å². The molecule has 0 bridgehead atoms. The molecule has 4 rings (SSSR count). The summed E-state index contributed by atoms with van der Waals surface area (Å²) in [5.41, 5.74) is 3.38. The lowest BCUT2D eigenvalue weighted by atomic mass is 9.93. The van der Waals surface area contributed by atoms with Crippen molar-refractivity contribution in [3.05, 3.63) is 88.1 Å². The zero-order valence-electron chi connectivity index (χ0n) is 16.2. The van der Waals surface area contributed by atoms with E-state index in [-0.39, 0.29) is 6.04 Å². The second kappa shape index (κ2) is 9.25. The van der Waals surface area contributed by atoms with Crippen molar-refractivity contribution in [1.82, 2.24) is 4.90 Å². The summed E-state index contributed by atoms with van der Waals surface area (Å²) < 4.78 is 5.92. The van der Waals surface area contributed by atoms with Crippen LogP contribution in [0.5, 0.6) is 5.75 Å². The van der Waals surface area contributed by atoms with Crippen LogP contribution in [0.15, 0.2) is 71.4 Å². The third-order valence-electron chi connectivity index (χ3n) is 5.46. The quantitative estimate of drug-likeness (QED) is 0.573. The molecule has 0 amide bonds. The number of hydrogen-bond acceptors (Lipinski definition) is 4. The van der Waals surface area contributed by atoms with Gasteiger partial charge in [-0.1, -0.05) is 48.9 Å². The highest BCUT2D eigenvalue weighted by Crippen LogP contribution is 2.35. The molecule has 2 atom stereocenters. The minimum absolute atomic E-state index is 0.0502.